The van der Waals surface area contributed by atoms with Crippen LogP contribution in [0.5, 0.6) is 17.2 Å². The van der Waals surface area contributed by atoms with Crippen LogP contribution in [0.25, 0.3) is 0 Å². The van der Waals surface area contributed by atoms with Crippen LogP contribution in [0.3, 0.4) is 0 Å². The number of ether oxygens (including phenoxy) is 3. The molecule has 0 saturated heterocycles. The summed E-state index contributed by atoms with van der Waals surface area (Å²) in [6, 6.07) is 12.1. The molecule has 1 atom stereocenters. The van der Waals surface area contributed by atoms with Crippen LogP contribution in [-0.2, 0) is 4.79 Å². The number of halogens is 1. The zero-order valence-electron chi connectivity index (χ0n) is 13.1. The van der Waals surface area contributed by atoms with Crippen molar-refractivity contribution in [2.75, 3.05) is 19.5 Å². The number of rotatable bonds is 6. The highest BCUT2D eigenvalue weighted by Gasteiger charge is 2.18. The molecule has 2 aromatic rings. The Morgan fingerprint density at radius 3 is 2.35 bits per heavy atom. The van der Waals surface area contributed by atoms with Crippen LogP contribution in [-0.4, -0.2) is 26.2 Å². The smallest absolute Gasteiger partial charge is 0.265 e. The highest BCUT2D eigenvalue weighted by Crippen LogP contribution is 2.29. The van der Waals surface area contributed by atoms with Crippen molar-refractivity contribution in [1.82, 2.24) is 0 Å². The molecule has 2 rings (SSSR count). The van der Waals surface area contributed by atoms with Crippen LogP contribution >= 0.6 is 11.6 Å². The van der Waals surface area contributed by atoms with E-state index in [1.54, 1.807) is 44.4 Å². The molecule has 0 heterocycles. The average Bonchev–Trinajstić information content (AvgIpc) is 2.55. The highest BCUT2D eigenvalue weighted by atomic mass is 35.5. The van der Waals surface area contributed by atoms with E-state index in [2.05, 4.69) is 5.32 Å². The van der Waals surface area contributed by atoms with Gasteiger partial charge in [0.2, 0.25) is 0 Å². The van der Waals surface area contributed by atoms with Gasteiger partial charge in [-0.25, -0.2) is 0 Å². The van der Waals surface area contributed by atoms with Crippen molar-refractivity contribution in [3.8, 4) is 17.2 Å². The van der Waals surface area contributed by atoms with E-state index in [9.17, 15) is 4.79 Å². The third-order valence-electron chi connectivity index (χ3n) is 3.16. The summed E-state index contributed by atoms with van der Waals surface area (Å²) in [4.78, 5) is 12.3. The lowest BCUT2D eigenvalue weighted by Gasteiger charge is -2.17. The summed E-state index contributed by atoms with van der Waals surface area (Å²) in [5.74, 6) is 1.26. The first kappa shape index (κ1) is 17.0. The Morgan fingerprint density at radius 2 is 1.70 bits per heavy atom. The zero-order valence-corrected chi connectivity index (χ0v) is 13.9. The topological polar surface area (TPSA) is 56.8 Å². The summed E-state index contributed by atoms with van der Waals surface area (Å²) in [7, 11) is 3.07. The molecule has 0 spiro atoms. The molecule has 2 aromatic carbocycles. The number of methoxy groups -OCH3 is 2. The maximum absolute atomic E-state index is 12.3. The van der Waals surface area contributed by atoms with Gasteiger partial charge in [-0.05, 0) is 37.3 Å². The van der Waals surface area contributed by atoms with Crippen molar-refractivity contribution in [2.24, 2.45) is 0 Å². The molecule has 0 aliphatic rings. The minimum absolute atomic E-state index is 0.323. The number of hydrogen-bond acceptors (Lipinski definition) is 4. The third-order valence-corrected chi connectivity index (χ3v) is 3.40. The van der Waals surface area contributed by atoms with Crippen LogP contribution in [0.15, 0.2) is 42.5 Å². The first-order valence-corrected chi connectivity index (χ1v) is 7.37. The number of hydrogen-bond donors (Lipinski definition) is 1. The first-order valence-electron chi connectivity index (χ1n) is 6.99. The lowest BCUT2D eigenvalue weighted by atomic mass is 10.2. The van der Waals surface area contributed by atoms with Gasteiger partial charge in [0, 0.05) is 5.02 Å². The van der Waals surface area contributed by atoms with Gasteiger partial charge in [0.25, 0.3) is 5.91 Å². The largest absolute Gasteiger partial charge is 0.495 e. The second-order valence-corrected chi connectivity index (χ2v) is 5.18. The van der Waals surface area contributed by atoms with Gasteiger partial charge in [-0.2, -0.15) is 0 Å². The summed E-state index contributed by atoms with van der Waals surface area (Å²) < 4.78 is 16.1. The molecule has 0 fully saturated rings. The van der Waals surface area contributed by atoms with E-state index < -0.39 is 6.10 Å². The van der Waals surface area contributed by atoms with Gasteiger partial charge in [0.1, 0.15) is 5.75 Å². The second-order valence-electron chi connectivity index (χ2n) is 4.74. The summed E-state index contributed by atoms with van der Waals surface area (Å²) in [6.45, 7) is 1.65. The predicted molar refractivity (Wildman–Crippen MR) is 89.7 cm³/mol. The van der Waals surface area contributed by atoms with E-state index in [1.807, 2.05) is 12.1 Å². The second kappa shape index (κ2) is 7.74. The standard InChI is InChI=1S/C17H18ClNO4/c1-11(23-16-7-5-4-6-15(16)22-3)17(20)19-13-10-12(18)8-9-14(13)21-2/h4-11H,1-3H3,(H,19,20)/t11-/m0/s1. The Labute approximate surface area is 140 Å². The molecular formula is C17H18ClNO4. The molecular weight excluding hydrogens is 318 g/mol. The Morgan fingerprint density at radius 1 is 1.04 bits per heavy atom. The first-order chi connectivity index (χ1) is 11.0. The Balaban J connectivity index is 2.10. The normalized spacial score (nSPS) is 11.5. The number of amides is 1. The van der Waals surface area contributed by atoms with E-state index in [-0.39, 0.29) is 5.91 Å². The molecule has 0 unspecified atom stereocenters. The van der Waals surface area contributed by atoms with Crippen LogP contribution in [0.1, 0.15) is 6.92 Å². The fourth-order valence-electron chi connectivity index (χ4n) is 1.97. The zero-order chi connectivity index (χ0) is 16.8. The van der Waals surface area contributed by atoms with E-state index in [4.69, 9.17) is 25.8 Å². The van der Waals surface area contributed by atoms with Crippen LogP contribution in [0.4, 0.5) is 5.69 Å². The van der Waals surface area contributed by atoms with Crippen molar-refractivity contribution in [3.63, 3.8) is 0 Å². The van der Waals surface area contributed by atoms with Gasteiger partial charge >= 0.3 is 0 Å². The van der Waals surface area contributed by atoms with Crippen molar-refractivity contribution >= 4 is 23.2 Å². The van der Waals surface area contributed by atoms with E-state index >= 15 is 0 Å². The van der Waals surface area contributed by atoms with Gasteiger partial charge in [0.15, 0.2) is 17.6 Å². The third kappa shape index (κ3) is 4.29. The maximum Gasteiger partial charge on any atom is 0.265 e. The number of benzene rings is 2. The Hall–Kier alpha value is -2.40. The molecule has 0 saturated carbocycles. The van der Waals surface area contributed by atoms with Crippen molar-refractivity contribution in [2.45, 2.75) is 13.0 Å². The molecule has 6 heteroatoms. The molecule has 0 radical (unpaired) electrons. The fourth-order valence-corrected chi connectivity index (χ4v) is 2.14. The van der Waals surface area contributed by atoms with Crippen molar-refractivity contribution < 1.29 is 19.0 Å². The van der Waals surface area contributed by atoms with E-state index in [0.717, 1.165) is 0 Å². The van der Waals surface area contributed by atoms with E-state index in [1.165, 1.54) is 7.11 Å². The summed E-state index contributed by atoms with van der Waals surface area (Å²) in [5, 5.41) is 3.25. The molecule has 1 N–H and O–H groups in total. The quantitative estimate of drug-likeness (QED) is 0.873. The van der Waals surface area contributed by atoms with Gasteiger partial charge < -0.3 is 19.5 Å². The van der Waals surface area contributed by atoms with E-state index in [0.29, 0.717) is 28.0 Å². The number of carbonyl (C=O) groups excluding carboxylic acids is 1. The monoisotopic (exact) mass is 335 g/mol. The molecule has 0 bridgehead atoms. The minimum Gasteiger partial charge on any atom is -0.495 e. The molecule has 0 aliphatic carbocycles. The highest BCUT2D eigenvalue weighted by molar-refractivity contribution is 6.31. The number of anilines is 1. The Kier molecular flexibility index (Phi) is 5.71. The summed E-state index contributed by atoms with van der Waals surface area (Å²) in [6.07, 6.45) is -0.727. The van der Waals surface area contributed by atoms with Crippen LogP contribution in [0, 0.1) is 0 Å². The van der Waals surface area contributed by atoms with Gasteiger partial charge in [0.05, 0.1) is 19.9 Å². The van der Waals surface area contributed by atoms with Crippen molar-refractivity contribution in [3.05, 3.63) is 47.5 Å². The van der Waals surface area contributed by atoms with Gasteiger partial charge in [-0.15, -0.1) is 0 Å². The van der Waals surface area contributed by atoms with Crippen LogP contribution < -0.4 is 19.5 Å². The number of para-hydroxylation sites is 2. The van der Waals surface area contributed by atoms with Gasteiger partial charge in [-0.3, -0.25) is 4.79 Å². The molecule has 5 nitrogen and oxygen atoms in total. The summed E-state index contributed by atoms with van der Waals surface area (Å²) in [5.41, 5.74) is 0.487. The average molecular weight is 336 g/mol. The molecule has 0 aliphatic heterocycles. The fraction of sp³-hybridized carbons (Fsp3) is 0.235. The molecule has 122 valence electrons. The molecule has 1 amide bonds. The lowest BCUT2D eigenvalue weighted by molar-refractivity contribution is -0.122. The molecule has 0 aromatic heterocycles. The SMILES string of the molecule is COc1ccc(Cl)cc1NC(=O)[C@H](C)Oc1ccccc1OC. The van der Waals surface area contributed by atoms with Gasteiger partial charge in [-0.1, -0.05) is 23.7 Å². The number of nitrogens with one attached hydrogen (secondary N) is 1. The van der Waals surface area contributed by atoms with Crippen LogP contribution in [0.2, 0.25) is 5.02 Å². The number of carbonyl (C=O) groups is 1. The summed E-state index contributed by atoms with van der Waals surface area (Å²) >= 11 is 5.95. The predicted octanol–water partition coefficient (Wildman–Crippen LogP) is 3.76. The lowest BCUT2D eigenvalue weighted by Crippen LogP contribution is -2.30. The maximum atomic E-state index is 12.3. The Bertz CT molecular complexity index is 690. The minimum atomic E-state index is -0.727. The van der Waals surface area contributed by atoms with Crippen molar-refractivity contribution in [1.29, 1.82) is 0 Å². The molecule has 23 heavy (non-hydrogen) atoms.